The maximum Gasteiger partial charge on any atom is 0.0110 e. The van der Waals surface area contributed by atoms with E-state index in [9.17, 15) is 0 Å². The van der Waals surface area contributed by atoms with Gasteiger partial charge >= 0.3 is 0 Å². The van der Waals surface area contributed by atoms with Crippen LogP contribution in [0.15, 0.2) is 0 Å². The minimum atomic E-state index is 0.380. The van der Waals surface area contributed by atoms with Crippen molar-refractivity contribution in [1.82, 2.24) is 9.80 Å². The maximum atomic E-state index is 4.49. The minimum Gasteiger partial charge on any atom is -0.304 e. The summed E-state index contributed by atoms with van der Waals surface area (Å²) in [5.74, 6) is 1.69. The third-order valence-electron chi connectivity index (χ3n) is 3.52. The van der Waals surface area contributed by atoms with Crippen molar-refractivity contribution >= 4 is 12.6 Å². The van der Waals surface area contributed by atoms with Crippen molar-refractivity contribution in [3.63, 3.8) is 0 Å². The van der Waals surface area contributed by atoms with Crippen LogP contribution in [0.2, 0.25) is 0 Å². The Kier molecular flexibility index (Phi) is 4.94. The fourth-order valence-electron chi connectivity index (χ4n) is 1.95. The monoisotopic (exact) mass is 230 g/mol. The summed E-state index contributed by atoms with van der Waals surface area (Å²) >= 11 is 4.49. The van der Waals surface area contributed by atoms with Gasteiger partial charge in [-0.1, -0.05) is 20.8 Å². The maximum absolute atomic E-state index is 4.49. The summed E-state index contributed by atoms with van der Waals surface area (Å²) in [7, 11) is 2.21. The minimum absolute atomic E-state index is 0.380. The molecule has 15 heavy (non-hydrogen) atoms. The Morgan fingerprint density at radius 3 is 2.07 bits per heavy atom. The zero-order chi connectivity index (χ0) is 11.5. The average molecular weight is 230 g/mol. The van der Waals surface area contributed by atoms with E-state index in [2.05, 4.69) is 50.2 Å². The Labute approximate surface area is 100 Å². The fourth-order valence-corrected chi connectivity index (χ4v) is 2.61. The molecule has 0 N–H and O–H groups in total. The largest absolute Gasteiger partial charge is 0.304 e. The Morgan fingerprint density at radius 1 is 1.13 bits per heavy atom. The summed E-state index contributed by atoms with van der Waals surface area (Å²) in [6.45, 7) is 13.0. The van der Waals surface area contributed by atoms with E-state index in [1.54, 1.807) is 0 Å². The van der Waals surface area contributed by atoms with Gasteiger partial charge in [-0.25, -0.2) is 0 Å². The second-order valence-electron chi connectivity index (χ2n) is 5.85. The molecule has 1 unspecified atom stereocenters. The lowest BCUT2D eigenvalue weighted by molar-refractivity contribution is 0.110. The standard InChI is InChI=1S/C12H26N2S/c1-12(2,3)11(10-15)9-14-7-5-13(4)6-8-14/h11,15H,5-10H2,1-4H3. The Bertz CT molecular complexity index is 181. The lowest BCUT2D eigenvalue weighted by Crippen LogP contribution is -2.47. The number of rotatable bonds is 3. The first-order valence-electron chi connectivity index (χ1n) is 5.95. The smallest absolute Gasteiger partial charge is 0.0110 e. The third kappa shape index (κ3) is 4.33. The average Bonchev–Trinajstić information content (AvgIpc) is 2.15. The lowest BCUT2D eigenvalue weighted by atomic mass is 9.81. The zero-order valence-electron chi connectivity index (χ0n) is 10.7. The zero-order valence-corrected chi connectivity index (χ0v) is 11.6. The SMILES string of the molecule is CN1CCN(CC(CS)C(C)(C)C)CC1. The van der Waals surface area contributed by atoms with Crippen LogP contribution in [-0.2, 0) is 0 Å². The predicted octanol–water partition coefficient (Wildman–Crippen LogP) is 1.83. The number of hydrogen-bond donors (Lipinski definition) is 1. The molecule has 3 heteroatoms. The molecule has 0 saturated carbocycles. The molecule has 90 valence electrons. The van der Waals surface area contributed by atoms with Gasteiger partial charge in [0, 0.05) is 32.7 Å². The molecule has 1 fully saturated rings. The molecule has 0 spiro atoms. The molecule has 0 aromatic rings. The van der Waals surface area contributed by atoms with Gasteiger partial charge in [0.15, 0.2) is 0 Å². The molecule has 1 heterocycles. The van der Waals surface area contributed by atoms with Crippen molar-refractivity contribution in [2.75, 3.05) is 45.5 Å². The van der Waals surface area contributed by atoms with E-state index >= 15 is 0 Å². The van der Waals surface area contributed by atoms with E-state index in [4.69, 9.17) is 0 Å². The summed E-state index contributed by atoms with van der Waals surface area (Å²) in [6, 6.07) is 0. The summed E-state index contributed by atoms with van der Waals surface area (Å²) in [5, 5.41) is 0. The first-order chi connectivity index (χ1) is 6.93. The van der Waals surface area contributed by atoms with Crippen LogP contribution in [-0.4, -0.2) is 55.3 Å². The molecule has 1 atom stereocenters. The van der Waals surface area contributed by atoms with Gasteiger partial charge in [-0.15, -0.1) is 0 Å². The van der Waals surface area contributed by atoms with Crippen LogP contribution < -0.4 is 0 Å². The van der Waals surface area contributed by atoms with Gasteiger partial charge in [-0.3, -0.25) is 0 Å². The highest BCUT2D eigenvalue weighted by Crippen LogP contribution is 2.27. The van der Waals surface area contributed by atoms with Crippen LogP contribution in [0.25, 0.3) is 0 Å². The molecule has 1 rings (SSSR count). The molecule has 1 aliphatic rings. The second-order valence-corrected chi connectivity index (χ2v) is 6.21. The van der Waals surface area contributed by atoms with Gasteiger partial charge in [0.2, 0.25) is 0 Å². The molecule has 0 aromatic heterocycles. The molecule has 0 aromatic carbocycles. The Balaban J connectivity index is 2.39. The summed E-state index contributed by atoms with van der Waals surface area (Å²) in [5.41, 5.74) is 0.380. The van der Waals surface area contributed by atoms with Gasteiger partial charge in [0.25, 0.3) is 0 Å². The molecule has 0 bridgehead atoms. The van der Waals surface area contributed by atoms with Crippen LogP contribution in [0.3, 0.4) is 0 Å². The van der Waals surface area contributed by atoms with Crippen LogP contribution in [0.4, 0.5) is 0 Å². The van der Waals surface area contributed by atoms with Gasteiger partial charge in [0.05, 0.1) is 0 Å². The van der Waals surface area contributed by atoms with Gasteiger partial charge in [-0.05, 0) is 24.1 Å². The molecule has 2 nitrogen and oxygen atoms in total. The van der Waals surface area contributed by atoms with E-state index in [0.29, 0.717) is 11.3 Å². The Hall–Kier alpha value is 0.270. The van der Waals surface area contributed by atoms with E-state index in [0.717, 1.165) is 5.75 Å². The first-order valence-corrected chi connectivity index (χ1v) is 6.58. The normalized spacial score (nSPS) is 23.0. The summed E-state index contributed by atoms with van der Waals surface area (Å²) in [4.78, 5) is 5.00. The lowest BCUT2D eigenvalue weighted by Gasteiger charge is -2.38. The van der Waals surface area contributed by atoms with Crippen molar-refractivity contribution in [2.45, 2.75) is 20.8 Å². The molecule has 1 saturated heterocycles. The number of thiol groups is 1. The van der Waals surface area contributed by atoms with E-state index in [1.807, 2.05) is 0 Å². The molecule has 0 amide bonds. The van der Waals surface area contributed by atoms with Crippen molar-refractivity contribution in [3.05, 3.63) is 0 Å². The number of piperazine rings is 1. The Morgan fingerprint density at radius 2 is 1.67 bits per heavy atom. The van der Waals surface area contributed by atoms with E-state index in [-0.39, 0.29) is 0 Å². The first kappa shape index (κ1) is 13.3. The number of nitrogens with zero attached hydrogens (tertiary/aromatic N) is 2. The van der Waals surface area contributed by atoms with Crippen molar-refractivity contribution in [3.8, 4) is 0 Å². The van der Waals surface area contributed by atoms with Crippen LogP contribution in [0.1, 0.15) is 20.8 Å². The summed E-state index contributed by atoms with van der Waals surface area (Å²) in [6.07, 6.45) is 0. The number of likely N-dealkylation sites (N-methyl/N-ethyl adjacent to an activating group) is 1. The fraction of sp³-hybridized carbons (Fsp3) is 1.00. The summed E-state index contributed by atoms with van der Waals surface area (Å²) < 4.78 is 0. The predicted molar refractivity (Wildman–Crippen MR) is 70.7 cm³/mol. The molecular formula is C12H26N2S. The second kappa shape index (κ2) is 5.55. The van der Waals surface area contributed by atoms with Crippen molar-refractivity contribution in [2.24, 2.45) is 11.3 Å². The van der Waals surface area contributed by atoms with Crippen LogP contribution in [0.5, 0.6) is 0 Å². The molecule has 0 aliphatic carbocycles. The highest BCUT2D eigenvalue weighted by molar-refractivity contribution is 7.80. The molecular weight excluding hydrogens is 204 g/mol. The highest BCUT2D eigenvalue weighted by atomic mass is 32.1. The van der Waals surface area contributed by atoms with Crippen LogP contribution in [0, 0.1) is 11.3 Å². The van der Waals surface area contributed by atoms with Gasteiger partial charge in [-0.2, -0.15) is 12.6 Å². The highest BCUT2D eigenvalue weighted by Gasteiger charge is 2.26. The van der Waals surface area contributed by atoms with Crippen LogP contribution >= 0.6 is 12.6 Å². The van der Waals surface area contributed by atoms with Crippen molar-refractivity contribution < 1.29 is 0 Å². The van der Waals surface area contributed by atoms with Gasteiger partial charge < -0.3 is 9.80 Å². The van der Waals surface area contributed by atoms with Gasteiger partial charge in [0.1, 0.15) is 0 Å². The quantitative estimate of drug-likeness (QED) is 0.739. The number of hydrogen-bond acceptors (Lipinski definition) is 3. The molecule has 1 aliphatic heterocycles. The molecule has 0 radical (unpaired) electrons. The topological polar surface area (TPSA) is 6.48 Å². The van der Waals surface area contributed by atoms with E-state index in [1.165, 1.54) is 32.7 Å². The van der Waals surface area contributed by atoms with Crippen molar-refractivity contribution in [1.29, 1.82) is 0 Å². The van der Waals surface area contributed by atoms with E-state index < -0.39 is 0 Å². The third-order valence-corrected chi connectivity index (χ3v) is 3.96.